The van der Waals surface area contributed by atoms with Crippen molar-refractivity contribution in [3.05, 3.63) is 116 Å². The normalized spacial score (nSPS) is 14.0. The summed E-state index contributed by atoms with van der Waals surface area (Å²) in [7, 11) is 0. The number of halogens is 4. The number of allylic oxidation sites excluding steroid dienone is 2. The quantitative estimate of drug-likeness (QED) is 0.0971. The molecule has 0 heterocycles. The summed E-state index contributed by atoms with van der Waals surface area (Å²) in [5, 5.41) is 13.7. The van der Waals surface area contributed by atoms with E-state index in [9.17, 15) is 14.3 Å². The van der Waals surface area contributed by atoms with Crippen molar-refractivity contribution in [1.29, 1.82) is 0 Å². The smallest absolute Gasteiger partial charge is 0.211 e. The number of ether oxygens (including phenoxy) is 1. The third kappa shape index (κ3) is 8.28. The molecule has 3 unspecified atom stereocenters. The first-order valence-corrected chi connectivity index (χ1v) is 16.0. The second-order valence-corrected chi connectivity index (χ2v) is 12.5. The summed E-state index contributed by atoms with van der Waals surface area (Å²) in [5.74, 6) is -2.01. The van der Waals surface area contributed by atoms with Gasteiger partial charge in [-0.2, -0.15) is 0 Å². The summed E-state index contributed by atoms with van der Waals surface area (Å²) in [6, 6.07) is 12.7. The van der Waals surface area contributed by atoms with Crippen molar-refractivity contribution in [1.82, 2.24) is 0 Å². The van der Waals surface area contributed by atoms with Crippen LogP contribution >= 0.6 is 23.2 Å². The van der Waals surface area contributed by atoms with Crippen molar-refractivity contribution >= 4 is 35.3 Å². The molecule has 45 heavy (non-hydrogen) atoms. The molecular formula is C37H43Cl2F2NO3. The highest BCUT2D eigenvalue weighted by Gasteiger charge is 2.38. The molecule has 4 nitrogen and oxygen atoms in total. The van der Waals surface area contributed by atoms with E-state index in [4.69, 9.17) is 27.9 Å². The summed E-state index contributed by atoms with van der Waals surface area (Å²) in [6.45, 7) is 15.6. The van der Waals surface area contributed by atoms with E-state index in [0.717, 1.165) is 28.7 Å². The molecule has 0 fully saturated rings. The van der Waals surface area contributed by atoms with Gasteiger partial charge in [-0.15, -0.1) is 0 Å². The number of anilines is 1. The van der Waals surface area contributed by atoms with Gasteiger partial charge in [-0.05, 0) is 122 Å². The van der Waals surface area contributed by atoms with Crippen molar-refractivity contribution in [3.63, 3.8) is 0 Å². The topological polar surface area (TPSA) is 58.6 Å². The standard InChI is InChI=1S/C37H43Cl2F2NO3/c1-8-11-22(4)16-30(29-17-26(38)13-15-35(29)45-37(9-2,10-3)25(7)44)36(24(6)28-18-27(40)14-12-23(28)5)31-19-33(41)32(39)20-34(31)42-21-43/h11-15,17-21,24,30,36,44H,7-10,16H2,1-6H3,(H,42,43)/b22-11-. The first-order chi connectivity index (χ1) is 21.3. The zero-order valence-electron chi connectivity index (χ0n) is 26.8. The Labute approximate surface area is 276 Å². The second kappa shape index (κ2) is 15.8. The number of aryl methyl sites for hydroxylation is 1. The molecule has 242 valence electrons. The summed E-state index contributed by atoms with van der Waals surface area (Å²) in [4.78, 5) is 11.8. The maximum Gasteiger partial charge on any atom is 0.211 e. The zero-order valence-corrected chi connectivity index (χ0v) is 28.3. The fourth-order valence-electron chi connectivity index (χ4n) is 6.34. The number of benzene rings is 3. The summed E-state index contributed by atoms with van der Waals surface area (Å²) in [5.41, 5.74) is 3.17. The molecule has 0 spiro atoms. The molecule has 3 atom stereocenters. The number of hydrogen-bond acceptors (Lipinski definition) is 3. The van der Waals surface area contributed by atoms with E-state index in [-0.39, 0.29) is 10.8 Å². The van der Waals surface area contributed by atoms with Gasteiger partial charge in [0.2, 0.25) is 6.41 Å². The third-order valence-electron chi connectivity index (χ3n) is 8.81. The Balaban J connectivity index is 2.47. The van der Waals surface area contributed by atoms with E-state index in [2.05, 4.69) is 18.0 Å². The van der Waals surface area contributed by atoms with E-state index in [0.29, 0.717) is 47.7 Å². The number of nitrogens with one attached hydrogen (secondary N) is 1. The largest absolute Gasteiger partial charge is 0.509 e. The van der Waals surface area contributed by atoms with Crippen LogP contribution in [0.2, 0.25) is 10.0 Å². The predicted molar refractivity (Wildman–Crippen MR) is 182 cm³/mol. The SMILES string of the molecule is C=C(O)C(CC)(CC)Oc1ccc(Cl)cc1C(C/C(C)=C\CC)C(c1cc(F)c(Cl)cc1NC=O)C(C)c1cc(F)ccc1C. The van der Waals surface area contributed by atoms with Crippen molar-refractivity contribution in [2.75, 3.05) is 5.32 Å². The lowest BCUT2D eigenvalue weighted by Gasteiger charge is -2.38. The van der Waals surface area contributed by atoms with Gasteiger partial charge >= 0.3 is 0 Å². The number of carbonyl (C=O) groups is 1. The van der Waals surface area contributed by atoms with Crippen LogP contribution in [0.15, 0.2) is 72.5 Å². The van der Waals surface area contributed by atoms with E-state index in [1.165, 1.54) is 24.3 Å². The highest BCUT2D eigenvalue weighted by Crippen LogP contribution is 2.52. The number of carbonyl (C=O) groups excluding carboxylic acids is 1. The molecule has 3 aromatic rings. The van der Waals surface area contributed by atoms with Crippen LogP contribution in [-0.4, -0.2) is 17.1 Å². The predicted octanol–water partition coefficient (Wildman–Crippen LogP) is 11.6. The molecule has 1 amide bonds. The van der Waals surface area contributed by atoms with E-state index >= 15 is 4.39 Å². The van der Waals surface area contributed by atoms with Gasteiger partial charge in [-0.1, -0.05) is 75.2 Å². The highest BCUT2D eigenvalue weighted by atomic mass is 35.5. The third-order valence-corrected chi connectivity index (χ3v) is 9.33. The molecule has 0 aliphatic rings. The number of rotatable bonds is 15. The Kier molecular flexibility index (Phi) is 12.7. The fraction of sp³-hybridized carbons (Fsp3) is 0.378. The average molecular weight is 659 g/mol. The van der Waals surface area contributed by atoms with E-state index in [1.807, 2.05) is 47.6 Å². The van der Waals surface area contributed by atoms with Crippen LogP contribution in [0.3, 0.4) is 0 Å². The van der Waals surface area contributed by atoms with Gasteiger partial charge in [-0.25, -0.2) is 8.78 Å². The van der Waals surface area contributed by atoms with Crippen molar-refractivity contribution in [2.24, 2.45) is 0 Å². The van der Waals surface area contributed by atoms with Crippen LogP contribution in [0.5, 0.6) is 5.75 Å². The average Bonchev–Trinajstić information content (AvgIpc) is 2.99. The van der Waals surface area contributed by atoms with Gasteiger partial charge in [0, 0.05) is 10.7 Å². The second-order valence-electron chi connectivity index (χ2n) is 11.6. The lowest BCUT2D eigenvalue weighted by Crippen LogP contribution is -2.37. The molecular weight excluding hydrogens is 615 g/mol. The van der Waals surface area contributed by atoms with Crippen LogP contribution < -0.4 is 10.1 Å². The van der Waals surface area contributed by atoms with Crippen LogP contribution in [0, 0.1) is 18.6 Å². The van der Waals surface area contributed by atoms with Gasteiger partial charge in [0.15, 0.2) is 5.60 Å². The summed E-state index contributed by atoms with van der Waals surface area (Å²) >= 11 is 12.9. The van der Waals surface area contributed by atoms with E-state index < -0.39 is 35.0 Å². The van der Waals surface area contributed by atoms with Crippen LogP contribution in [0.25, 0.3) is 0 Å². The van der Waals surface area contributed by atoms with Gasteiger partial charge < -0.3 is 15.2 Å². The summed E-state index contributed by atoms with van der Waals surface area (Å²) < 4.78 is 36.8. The Morgan fingerprint density at radius 2 is 1.73 bits per heavy atom. The minimum absolute atomic E-state index is 0.0930. The van der Waals surface area contributed by atoms with Gasteiger partial charge in [0.05, 0.1) is 5.02 Å². The molecule has 0 bridgehead atoms. The monoisotopic (exact) mass is 657 g/mol. The van der Waals surface area contributed by atoms with E-state index in [1.54, 1.807) is 18.2 Å². The van der Waals surface area contributed by atoms with Gasteiger partial charge in [-0.3, -0.25) is 4.79 Å². The molecule has 0 aromatic heterocycles. The molecule has 2 N–H and O–H groups in total. The number of amides is 1. The molecule has 3 aromatic carbocycles. The van der Waals surface area contributed by atoms with Crippen molar-refractivity contribution < 1.29 is 23.4 Å². The van der Waals surface area contributed by atoms with Gasteiger partial charge in [0.25, 0.3) is 0 Å². The first-order valence-electron chi connectivity index (χ1n) is 15.3. The highest BCUT2D eigenvalue weighted by molar-refractivity contribution is 6.31. The molecule has 3 rings (SSSR count). The maximum absolute atomic E-state index is 15.4. The molecule has 0 saturated carbocycles. The molecule has 0 saturated heterocycles. The van der Waals surface area contributed by atoms with Crippen LogP contribution in [0.1, 0.15) is 100 Å². The Morgan fingerprint density at radius 1 is 1.04 bits per heavy atom. The number of aliphatic hydroxyl groups is 1. The van der Waals surface area contributed by atoms with Crippen molar-refractivity contribution in [2.45, 2.75) is 90.6 Å². The fourth-order valence-corrected chi connectivity index (χ4v) is 6.68. The molecule has 0 radical (unpaired) electrons. The minimum atomic E-state index is -1.06. The molecule has 8 heteroatoms. The van der Waals surface area contributed by atoms with Crippen molar-refractivity contribution in [3.8, 4) is 5.75 Å². The lowest BCUT2D eigenvalue weighted by atomic mass is 9.69. The lowest BCUT2D eigenvalue weighted by molar-refractivity contribution is -0.105. The molecule has 0 aliphatic heterocycles. The van der Waals surface area contributed by atoms with Crippen LogP contribution in [-0.2, 0) is 4.79 Å². The molecule has 0 aliphatic carbocycles. The minimum Gasteiger partial charge on any atom is -0.509 e. The summed E-state index contributed by atoms with van der Waals surface area (Å²) in [6.07, 6.45) is 4.86. The maximum atomic E-state index is 15.4. The Morgan fingerprint density at radius 3 is 2.33 bits per heavy atom. The van der Waals surface area contributed by atoms with Gasteiger partial charge in [0.1, 0.15) is 23.1 Å². The zero-order chi connectivity index (χ0) is 33.5. The Bertz CT molecular complexity index is 1550. The number of hydrogen-bond donors (Lipinski definition) is 2. The first kappa shape index (κ1) is 36.1. The Hall–Kier alpha value is -3.35. The van der Waals surface area contributed by atoms with Crippen LogP contribution in [0.4, 0.5) is 14.5 Å². The number of aliphatic hydroxyl groups excluding tert-OH is 1.